The highest BCUT2D eigenvalue weighted by Gasteiger charge is 2.49. The van der Waals surface area contributed by atoms with Gasteiger partial charge in [-0.25, -0.2) is 4.79 Å². The highest BCUT2D eigenvalue weighted by molar-refractivity contribution is 6.07. The Labute approximate surface area is 137 Å². The number of benzene rings is 1. The number of carbonyl (C=O) groups excluding carboxylic acids is 2. The number of ether oxygens (including phenoxy) is 1. The monoisotopic (exact) mass is 319 g/mol. The molecule has 0 spiro atoms. The van der Waals surface area contributed by atoms with E-state index in [4.69, 9.17) is 10.5 Å². The highest BCUT2D eigenvalue weighted by atomic mass is 16.5. The fourth-order valence-electron chi connectivity index (χ4n) is 2.56. The first-order chi connectivity index (χ1) is 10.8. The topological polar surface area (TPSA) is 84.7 Å². The van der Waals surface area contributed by atoms with E-state index in [1.54, 1.807) is 31.2 Å². The molecule has 1 aromatic rings. The van der Waals surface area contributed by atoms with Gasteiger partial charge in [0.2, 0.25) is 0 Å². The van der Waals surface area contributed by atoms with Crippen LogP contribution in [0.4, 0.5) is 4.79 Å². The predicted octanol–water partition coefficient (Wildman–Crippen LogP) is 1.98. The molecular formula is C17H25N3O3. The van der Waals surface area contributed by atoms with Gasteiger partial charge in [-0.2, -0.15) is 0 Å². The van der Waals surface area contributed by atoms with Crippen LogP contribution in [0.15, 0.2) is 24.3 Å². The lowest BCUT2D eigenvalue weighted by atomic mass is 9.92. The highest BCUT2D eigenvalue weighted by Crippen LogP contribution is 2.30. The fourth-order valence-corrected chi connectivity index (χ4v) is 2.56. The van der Waals surface area contributed by atoms with Crippen LogP contribution >= 0.6 is 0 Å². The van der Waals surface area contributed by atoms with Gasteiger partial charge in [0.1, 0.15) is 11.3 Å². The number of urea groups is 1. The number of nitrogens with zero attached hydrogens (tertiary/aromatic N) is 1. The van der Waals surface area contributed by atoms with Gasteiger partial charge in [0.05, 0.1) is 6.10 Å². The molecule has 0 aliphatic carbocycles. The molecule has 3 amide bonds. The lowest BCUT2D eigenvalue weighted by Gasteiger charge is -2.23. The molecule has 2 unspecified atom stereocenters. The molecule has 1 heterocycles. The maximum absolute atomic E-state index is 12.7. The van der Waals surface area contributed by atoms with Gasteiger partial charge in [-0.1, -0.05) is 19.1 Å². The van der Waals surface area contributed by atoms with E-state index in [9.17, 15) is 9.59 Å². The fraction of sp³-hybridized carbons (Fsp3) is 0.529. The van der Waals surface area contributed by atoms with Crippen molar-refractivity contribution in [2.75, 3.05) is 6.54 Å². The van der Waals surface area contributed by atoms with E-state index in [-0.39, 0.29) is 24.6 Å². The summed E-state index contributed by atoms with van der Waals surface area (Å²) in [6.45, 7) is 7.76. The number of carbonyl (C=O) groups is 2. The first kappa shape index (κ1) is 17.3. The lowest BCUT2D eigenvalue weighted by Crippen LogP contribution is -2.43. The molecule has 1 aliphatic heterocycles. The van der Waals surface area contributed by atoms with E-state index in [0.29, 0.717) is 6.42 Å². The van der Waals surface area contributed by atoms with Gasteiger partial charge in [0.15, 0.2) is 0 Å². The molecular weight excluding hydrogens is 294 g/mol. The van der Waals surface area contributed by atoms with Crippen LogP contribution in [0.2, 0.25) is 0 Å². The Morgan fingerprint density at radius 2 is 1.87 bits per heavy atom. The summed E-state index contributed by atoms with van der Waals surface area (Å²) in [5, 5.41) is 2.78. The molecule has 1 aliphatic rings. The lowest BCUT2D eigenvalue weighted by molar-refractivity contribution is -0.131. The second-order valence-corrected chi connectivity index (χ2v) is 6.33. The van der Waals surface area contributed by atoms with E-state index >= 15 is 0 Å². The summed E-state index contributed by atoms with van der Waals surface area (Å²) in [6.07, 6.45) is 0.782. The van der Waals surface area contributed by atoms with Crippen LogP contribution in [-0.4, -0.2) is 35.5 Å². The third kappa shape index (κ3) is 3.47. The van der Waals surface area contributed by atoms with Crippen molar-refractivity contribution < 1.29 is 14.3 Å². The summed E-state index contributed by atoms with van der Waals surface area (Å²) in [5.74, 6) is 0.456. The predicted molar refractivity (Wildman–Crippen MR) is 88.1 cm³/mol. The number of nitrogens with two attached hydrogens (primary N) is 1. The Morgan fingerprint density at radius 3 is 2.39 bits per heavy atom. The van der Waals surface area contributed by atoms with Crippen molar-refractivity contribution in [2.24, 2.45) is 5.73 Å². The molecule has 1 saturated heterocycles. The molecule has 6 nitrogen and oxygen atoms in total. The third-order valence-corrected chi connectivity index (χ3v) is 4.02. The van der Waals surface area contributed by atoms with E-state index in [0.717, 1.165) is 11.3 Å². The summed E-state index contributed by atoms with van der Waals surface area (Å²) in [4.78, 5) is 26.1. The molecule has 0 radical (unpaired) electrons. The second-order valence-electron chi connectivity index (χ2n) is 6.33. The van der Waals surface area contributed by atoms with Crippen LogP contribution in [0.3, 0.4) is 0 Å². The van der Waals surface area contributed by atoms with Crippen molar-refractivity contribution in [3.05, 3.63) is 29.8 Å². The van der Waals surface area contributed by atoms with Gasteiger partial charge in [0.25, 0.3) is 5.91 Å². The number of hydrogen-bond acceptors (Lipinski definition) is 4. The Morgan fingerprint density at radius 1 is 1.26 bits per heavy atom. The molecule has 6 heteroatoms. The summed E-state index contributed by atoms with van der Waals surface area (Å²) >= 11 is 0. The van der Waals surface area contributed by atoms with E-state index in [1.165, 1.54) is 4.90 Å². The van der Waals surface area contributed by atoms with Crippen LogP contribution in [-0.2, 0) is 10.3 Å². The van der Waals surface area contributed by atoms with Gasteiger partial charge in [-0.15, -0.1) is 0 Å². The maximum Gasteiger partial charge on any atom is 0.325 e. The summed E-state index contributed by atoms with van der Waals surface area (Å²) < 4.78 is 5.60. The van der Waals surface area contributed by atoms with E-state index in [2.05, 4.69) is 5.32 Å². The maximum atomic E-state index is 12.7. The zero-order valence-corrected chi connectivity index (χ0v) is 14.1. The zero-order chi connectivity index (χ0) is 17.2. The quantitative estimate of drug-likeness (QED) is 0.785. The van der Waals surface area contributed by atoms with Gasteiger partial charge in [0, 0.05) is 12.6 Å². The zero-order valence-electron chi connectivity index (χ0n) is 14.1. The second kappa shape index (κ2) is 6.58. The number of amides is 3. The van der Waals surface area contributed by atoms with Crippen molar-refractivity contribution in [1.29, 1.82) is 0 Å². The van der Waals surface area contributed by atoms with Gasteiger partial charge < -0.3 is 15.8 Å². The number of rotatable bonds is 6. The van der Waals surface area contributed by atoms with E-state index < -0.39 is 11.6 Å². The standard InChI is InChI=1S/C17H25N3O3/c1-5-13(18)10-20-15(21)17(4,19-16(20)22)12-6-8-14(9-7-12)23-11(2)3/h6-9,11,13H,5,10,18H2,1-4H3,(H,19,22). The third-order valence-electron chi connectivity index (χ3n) is 4.02. The summed E-state index contributed by atoms with van der Waals surface area (Å²) in [5.41, 5.74) is 5.53. The molecule has 2 atom stereocenters. The van der Waals surface area contributed by atoms with Crippen LogP contribution < -0.4 is 15.8 Å². The van der Waals surface area contributed by atoms with Crippen molar-refractivity contribution in [1.82, 2.24) is 10.2 Å². The van der Waals surface area contributed by atoms with Crippen molar-refractivity contribution in [3.8, 4) is 5.75 Å². The van der Waals surface area contributed by atoms with Crippen LogP contribution in [0, 0.1) is 0 Å². The minimum absolute atomic E-state index is 0.0790. The number of imide groups is 1. The molecule has 23 heavy (non-hydrogen) atoms. The van der Waals surface area contributed by atoms with Crippen LogP contribution in [0.1, 0.15) is 39.7 Å². The molecule has 1 aromatic carbocycles. The summed E-state index contributed by atoms with van der Waals surface area (Å²) in [7, 11) is 0. The Hall–Kier alpha value is -2.08. The minimum atomic E-state index is -1.07. The molecule has 1 fully saturated rings. The minimum Gasteiger partial charge on any atom is -0.491 e. The molecule has 3 N–H and O–H groups in total. The van der Waals surface area contributed by atoms with Crippen LogP contribution in [0.25, 0.3) is 0 Å². The molecule has 0 saturated carbocycles. The smallest absolute Gasteiger partial charge is 0.325 e. The Bertz CT molecular complexity index is 585. The van der Waals surface area contributed by atoms with Crippen LogP contribution in [0.5, 0.6) is 5.75 Å². The Balaban J connectivity index is 2.21. The molecule has 0 bridgehead atoms. The first-order valence-corrected chi connectivity index (χ1v) is 7.94. The number of nitrogens with one attached hydrogen (secondary N) is 1. The first-order valence-electron chi connectivity index (χ1n) is 7.94. The normalized spacial score (nSPS) is 22.4. The largest absolute Gasteiger partial charge is 0.491 e. The van der Waals surface area contributed by atoms with Gasteiger partial charge in [-0.05, 0) is 44.9 Å². The molecule has 0 aromatic heterocycles. The average molecular weight is 319 g/mol. The van der Waals surface area contributed by atoms with E-state index in [1.807, 2.05) is 20.8 Å². The van der Waals surface area contributed by atoms with Gasteiger partial charge >= 0.3 is 6.03 Å². The SMILES string of the molecule is CCC(N)CN1C(=O)NC(C)(c2ccc(OC(C)C)cc2)C1=O. The number of hydrogen-bond donors (Lipinski definition) is 2. The Kier molecular flexibility index (Phi) is 4.94. The van der Waals surface area contributed by atoms with Crippen molar-refractivity contribution >= 4 is 11.9 Å². The summed E-state index contributed by atoms with van der Waals surface area (Å²) in [6, 6.07) is 6.61. The van der Waals surface area contributed by atoms with Gasteiger partial charge in [-0.3, -0.25) is 9.69 Å². The molecule has 126 valence electrons. The molecule has 2 rings (SSSR count). The van der Waals surface area contributed by atoms with Crippen molar-refractivity contribution in [2.45, 2.75) is 51.8 Å². The average Bonchev–Trinajstić information content (AvgIpc) is 2.71. The van der Waals surface area contributed by atoms with Crippen molar-refractivity contribution in [3.63, 3.8) is 0 Å².